The van der Waals surface area contributed by atoms with E-state index in [9.17, 15) is 0 Å². The Morgan fingerprint density at radius 3 is 2.59 bits per heavy atom. The lowest BCUT2D eigenvalue weighted by Crippen LogP contribution is -2.49. The van der Waals surface area contributed by atoms with Crippen molar-refractivity contribution in [3.63, 3.8) is 0 Å². The molecule has 4 rings (SSSR count). The molecule has 4 aliphatic carbocycles. The standard InChI is InChI=1S/C25H40.C2H6/c1-18(2)8-7-10-20-12-14-22-21-13-11-19-9-5-6-16-24(19,3)23(21)15-17-25(20,22)4;1-2/h11,20-23H,1,5-10,12-17H2,2-4H3;1-2H3. The molecule has 0 aliphatic heterocycles. The summed E-state index contributed by atoms with van der Waals surface area (Å²) in [5.41, 5.74) is 4.45. The largest absolute Gasteiger partial charge is 0.100 e. The van der Waals surface area contributed by atoms with Gasteiger partial charge in [0.15, 0.2) is 0 Å². The van der Waals surface area contributed by atoms with Crippen molar-refractivity contribution in [1.82, 2.24) is 0 Å². The highest BCUT2D eigenvalue weighted by molar-refractivity contribution is 5.24. The maximum Gasteiger partial charge on any atom is -0.00853 e. The zero-order valence-corrected chi connectivity index (χ0v) is 19.1. The number of hydrogen-bond acceptors (Lipinski definition) is 0. The van der Waals surface area contributed by atoms with Crippen LogP contribution >= 0.6 is 0 Å². The van der Waals surface area contributed by atoms with Crippen LogP contribution in [-0.4, -0.2) is 0 Å². The van der Waals surface area contributed by atoms with Crippen LogP contribution in [0.15, 0.2) is 23.8 Å². The summed E-state index contributed by atoms with van der Waals surface area (Å²) in [7, 11) is 0. The zero-order chi connectivity index (χ0) is 19.7. The molecular formula is C27H46. The summed E-state index contributed by atoms with van der Waals surface area (Å²) < 4.78 is 0. The van der Waals surface area contributed by atoms with E-state index in [1.165, 1.54) is 82.6 Å². The highest BCUT2D eigenvalue weighted by Gasteiger charge is 2.57. The van der Waals surface area contributed by atoms with Crippen LogP contribution in [-0.2, 0) is 0 Å². The van der Waals surface area contributed by atoms with E-state index in [2.05, 4.69) is 33.4 Å². The van der Waals surface area contributed by atoms with Crippen LogP contribution in [0, 0.1) is 34.5 Å². The van der Waals surface area contributed by atoms with Crippen molar-refractivity contribution in [3.05, 3.63) is 23.8 Å². The van der Waals surface area contributed by atoms with Crippen molar-refractivity contribution in [1.29, 1.82) is 0 Å². The Bertz CT molecular complexity index is 554. The van der Waals surface area contributed by atoms with E-state index in [-0.39, 0.29) is 0 Å². The SMILES string of the molecule is C=C(C)CCCC1CCC2C3CC=C4CCCCC4(C)C3CCC12C.CC. The number of hydrogen-bond donors (Lipinski definition) is 0. The highest BCUT2D eigenvalue weighted by atomic mass is 14.6. The normalized spacial score (nSPS) is 42.8. The van der Waals surface area contributed by atoms with Crippen LogP contribution < -0.4 is 0 Å². The van der Waals surface area contributed by atoms with Gasteiger partial charge in [-0.2, -0.15) is 0 Å². The van der Waals surface area contributed by atoms with Crippen molar-refractivity contribution >= 4 is 0 Å². The first-order chi connectivity index (χ1) is 12.9. The third-order valence-corrected chi connectivity index (χ3v) is 9.37. The van der Waals surface area contributed by atoms with E-state index >= 15 is 0 Å². The van der Waals surface area contributed by atoms with Crippen LogP contribution in [0.4, 0.5) is 0 Å². The lowest BCUT2D eigenvalue weighted by Gasteiger charge is -2.57. The van der Waals surface area contributed by atoms with Gasteiger partial charge < -0.3 is 0 Å². The zero-order valence-electron chi connectivity index (χ0n) is 19.1. The molecule has 0 bridgehead atoms. The van der Waals surface area contributed by atoms with Crippen molar-refractivity contribution < 1.29 is 0 Å². The number of fused-ring (bicyclic) bond motifs is 5. The molecule has 154 valence electrons. The predicted octanol–water partition coefficient (Wildman–Crippen LogP) is 8.73. The second kappa shape index (κ2) is 8.46. The fourth-order valence-corrected chi connectivity index (χ4v) is 7.93. The molecule has 0 heteroatoms. The Kier molecular flexibility index (Phi) is 6.64. The van der Waals surface area contributed by atoms with Gasteiger partial charge in [-0.15, -0.1) is 6.58 Å². The minimum Gasteiger partial charge on any atom is -0.100 e. The summed E-state index contributed by atoms with van der Waals surface area (Å²) in [5, 5.41) is 0. The summed E-state index contributed by atoms with van der Waals surface area (Å²) in [4.78, 5) is 0. The first-order valence-electron chi connectivity index (χ1n) is 12.3. The Labute approximate surface area is 170 Å². The van der Waals surface area contributed by atoms with Gasteiger partial charge in [0.25, 0.3) is 0 Å². The molecule has 3 saturated carbocycles. The van der Waals surface area contributed by atoms with Gasteiger partial charge in [0.2, 0.25) is 0 Å². The lowest BCUT2D eigenvalue weighted by atomic mass is 9.47. The van der Waals surface area contributed by atoms with Gasteiger partial charge in [-0.3, -0.25) is 0 Å². The summed E-state index contributed by atoms with van der Waals surface area (Å²) >= 11 is 0. The van der Waals surface area contributed by atoms with E-state index in [0.29, 0.717) is 10.8 Å². The predicted molar refractivity (Wildman–Crippen MR) is 120 cm³/mol. The van der Waals surface area contributed by atoms with E-state index in [1.807, 2.05) is 19.4 Å². The molecule has 0 aromatic rings. The molecule has 6 unspecified atom stereocenters. The molecule has 4 aliphatic rings. The van der Waals surface area contributed by atoms with Crippen molar-refractivity contribution in [2.45, 2.75) is 112 Å². The van der Waals surface area contributed by atoms with Crippen LogP contribution in [0.2, 0.25) is 0 Å². The van der Waals surface area contributed by atoms with Gasteiger partial charge in [0.1, 0.15) is 0 Å². The molecule has 3 fully saturated rings. The lowest BCUT2D eigenvalue weighted by molar-refractivity contribution is -0.0424. The molecule has 0 saturated heterocycles. The highest BCUT2D eigenvalue weighted by Crippen LogP contribution is 2.66. The van der Waals surface area contributed by atoms with Crippen LogP contribution in [0.1, 0.15) is 112 Å². The minimum atomic E-state index is 0.570. The topological polar surface area (TPSA) is 0 Å². The van der Waals surface area contributed by atoms with Gasteiger partial charge in [-0.1, -0.05) is 51.3 Å². The molecular weight excluding hydrogens is 324 g/mol. The second-order valence-corrected chi connectivity index (χ2v) is 10.6. The van der Waals surface area contributed by atoms with Crippen molar-refractivity contribution in [2.75, 3.05) is 0 Å². The summed E-state index contributed by atoms with van der Waals surface area (Å²) in [5.74, 6) is 4.00. The molecule has 27 heavy (non-hydrogen) atoms. The first kappa shape index (κ1) is 21.2. The Morgan fingerprint density at radius 1 is 1.07 bits per heavy atom. The van der Waals surface area contributed by atoms with Gasteiger partial charge in [0, 0.05) is 0 Å². The van der Waals surface area contributed by atoms with E-state index in [1.54, 1.807) is 0 Å². The third kappa shape index (κ3) is 3.72. The van der Waals surface area contributed by atoms with Gasteiger partial charge in [-0.25, -0.2) is 0 Å². The molecule has 0 spiro atoms. The number of rotatable bonds is 4. The summed E-state index contributed by atoms with van der Waals surface area (Å²) in [6.07, 6.45) is 20.1. The molecule has 0 N–H and O–H groups in total. The summed E-state index contributed by atoms with van der Waals surface area (Å²) in [6, 6.07) is 0. The Balaban J connectivity index is 0.00000102. The summed E-state index contributed by atoms with van der Waals surface area (Å²) in [6.45, 7) is 15.6. The van der Waals surface area contributed by atoms with Crippen molar-refractivity contribution in [2.24, 2.45) is 34.5 Å². The molecule has 0 amide bonds. The number of allylic oxidation sites excluding steroid dienone is 3. The monoisotopic (exact) mass is 370 g/mol. The molecule has 0 nitrogen and oxygen atoms in total. The maximum absolute atomic E-state index is 4.11. The molecule has 0 heterocycles. The molecule has 0 aromatic carbocycles. The molecule has 6 atom stereocenters. The fourth-order valence-electron chi connectivity index (χ4n) is 7.93. The van der Waals surface area contributed by atoms with Gasteiger partial charge in [0.05, 0.1) is 0 Å². The van der Waals surface area contributed by atoms with E-state index in [0.717, 1.165) is 23.7 Å². The quantitative estimate of drug-likeness (QED) is 0.434. The fraction of sp³-hybridized carbons (Fsp3) is 0.852. The van der Waals surface area contributed by atoms with Crippen LogP contribution in [0.5, 0.6) is 0 Å². The first-order valence-corrected chi connectivity index (χ1v) is 12.3. The van der Waals surface area contributed by atoms with Gasteiger partial charge >= 0.3 is 0 Å². The average molecular weight is 371 g/mol. The Hall–Kier alpha value is -0.520. The average Bonchev–Trinajstić information content (AvgIpc) is 2.99. The van der Waals surface area contributed by atoms with Gasteiger partial charge in [-0.05, 0) is 112 Å². The minimum absolute atomic E-state index is 0.570. The smallest absolute Gasteiger partial charge is 0.00853 e. The third-order valence-electron chi connectivity index (χ3n) is 9.37. The van der Waals surface area contributed by atoms with Crippen LogP contribution in [0.25, 0.3) is 0 Å². The van der Waals surface area contributed by atoms with Crippen LogP contribution in [0.3, 0.4) is 0 Å². The van der Waals surface area contributed by atoms with E-state index in [4.69, 9.17) is 0 Å². The molecule has 0 aromatic heterocycles. The second-order valence-electron chi connectivity index (χ2n) is 10.6. The Morgan fingerprint density at radius 2 is 1.85 bits per heavy atom. The maximum atomic E-state index is 4.11. The van der Waals surface area contributed by atoms with Crippen molar-refractivity contribution in [3.8, 4) is 0 Å². The molecule has 0 radical (unpaired) electrons. The van der Waals surface area contributed by atoms with E-state index < -0.39 is 0 Å².